The van der Waals surface area contributed by atoms with Crippen molar-refractivity contribution < 1.29 is 8.42 Å². The average molecular weight is 341 g/mol. The van der Waals surface area contributed by atoms with Crippen LogP contribution in [0.2, 0.25) is 0 Å². The van der Waals surface area contributed by atoms with Gasteiger partial charge < -0.3 is 5.32 Å². The minimum Gasteiger partial charge on any atom is -0.364 e. The van der Waals surface area contributed by atoms with Crippen molar-refractivity contribution in [3.63, 3.8) is 0 Å². The number of anilines is 1. The zero-order valence-electron chi connectivity index (χ0n) is 12.9. The van der Waals surface area contributed by atoms with Gasteiger partial charge in [0.05, 0.1) is 4.90 Å². The van der Waals surface area contributed by atoms with Crippen LogP contribution in [0, 0.1) is 11.3 Å². The fourth-order valence-corrected chi connectivity index (χ4v) is 3.15. The van der Waals surface area contributed by atoms with Crippen LogP contribution >= 0.6 is 0 Å². The van der Waals surface area contributed by atoms with Gasteiger partial charge in [-0.15, -0.1) is 0 Å². The standard InChI is InChI=1S/C16H15N5O2S/c1-18-24(22,23)13-6-4-5-12(9-13)11-19-16-14(10-17)21-8-3-2-7-15(21)20-16/h2-9,18-19H,11H2,1H3. The summed E-state index contributed by atoms with van der Waals surface area (Å²) in [4.78, 5) is 4.58. The van der Waals surface area contributed by atoms with Gasteiger partial charge in [0.15, 0.2) is 11.5 Å². The van der Waals surface area contributed by atoms with Gasteiger partial charge in [0.25, 0.3) is 0 Å². The minimum absolute atomic E-state index is 0.194. The highest BCUT2D eigenvalue weighted by molar-refractivity contribution is 7.89. The first-order valence-corrected chi connectivity index (χ1v) is 8.67. The maximum Gasteiger partial charge on any atom is 0.240 e. The molecule has 0 aliphatic heterocycles. The maximum atomic E-state index is 11.9. The van der Waals surface area contributed by atoms with E-state index in [-0.39, 0.29) is 4.90 Å². The summed E-state index contributed by atoms with van der Waals surface area (Å²) in [5.41, 5.74) is 1.85. The monoisotopic (exact) mass is 341 g/mol. The molecule has 2 aromatic heterocycles. The first kappa shape index (κ1) is 16.0. The SMILES string of the molecule is CNS(=O)(=O)c1cccc(CNc2nc3ccccn3c2C#N)c1. The molecule has 0 aliphatic rings. The average Bonchev–Trinajstić information content (AvgIpc) is 2.97. The van der Waals surface area contributed by atoms with Gasteiger partial charge in [0.2, 0.25) is 10.0 Å². The van der Waals surface area contributed by atoms with Crippen LogP contribution in [0.5, 0.6) is 0 Å². The van der Waals surface area contributed by atoms with Gasteiger partial charge in [-0.05, 0) is 36.9 Å². The fraction of sp³-hybridized carbons (Fsp3) is 0.125. The number of rotatable bonds is 5. The molecular weight excluding hydrogens is 326 g/mol. The van der Waals surface area contributed by atoms with Gasteiger partial charge in [-0.25, -0.2) is 18.1 Å². The van der Waals surface area contributed by atoms with E-state index in [2.05, 4.69) is 21.1 Å². The first-order valence-electron chi connectivity index (χ1n) is 7.18. The normalized spacial score (nSPS) is 11.3. The molecule has 2 heterocycles. The highest BCUT2D eigenvalue weighted by Crippen LogP contribution is 2.18. The second kappa shape index (κ2) is 6.31. The maximum absolute atomic E-state index is 11.9. The Balaban J connectivity index is 1.87. The topological polar surface area (TPSA) is 99.3 Å². The van der Waals surface area contributed by atoms with Gasteiger partial charge in [0.1, 0.15) is 11.7 Å². The van der Waals surface area contributed by atoms with E-state index < -0.39 is 10.0 Å². The molecule has 0 fully saturated rings. The smallest absolute Gasteiger partial charge is 0.240 e. The largest absolute Gasteiger partial charge is 0.364 e. The number of nitriles is 1. The summed E-state index contributed by atoms with van der Waals surface area (Å²) >= 11 is 0. The van der Waals surface area contributed by atoms with Crippen LogP contribution in [-0.2, 0) is 16.6 Å². The number of nitrogens with one attached hydrogen (secondary N) is 2. The lowest BCUT2D eigenvalue weighted by molar-refractivity contribution is 0.588. The van der Waals surface area contributed by atoms with Crippen LogP contribution in [0.15, 0.2) is 53.6 Å². The van der Waals surface area contributed by atoms with Gasteiger partial charge in [-0.3, -0.25) is 4.40 Å². The van der Waals surface area contributed by atoms with Gasteiger partial charge in [0, 0.05) is 12.7 Å². The van der Waals surface area contributed by atoms with Gasteiger partial charge in [-0.2, -0.15) is 5.26 Å². The molecule has 3 aromatic rings. The molecule has 24 heavy (non-hydrogen) atoms. The number of pyridine rings is 1. The molecule has 1 aromatic carbocycles. The van der Waals surface area contributed by atoms with E-state index in [1.54, 1.807) is 22.7 Å². The van der Waals surface area contributed by atoms with E-state index in [1.807, 2.05) is 24.3 Å². The molecule has 7 nitrogen and oxygen atoms in total. The van der Waals surface area contributed by atoms with Crippen LogP contribution in [0.4, 0.5) is 5.82 Å². The Kier molecular flexibility index (Phi) is 4.20. The number of sulfonamides is 1. The lowest BCUT2D eigenvalue weighted by Gasteiger charge is -2.07. The molecule has 3 rings (SSSR count). The third-order valence-corrected chi connectivity index (χ3v) is 4.99. The summed E-state index contributed by atoms with van der Waals surface area (Å²) in [7, 11) is -2.12. The van der Waals surface area contributed by atoms with Crippen molar-refractivity contribution in [3.8, 4) is 6.07 Å². The van der Waals surface area contributed by atoms with E-state index in [9.17, 15) is 13.7 Å². The summed E-state index contributed by atoms with van der Waals surface area (Å²) < 4.78 is 27.7. The van der Waals surface area contributed by atoms with Crippen molar-refractivity contribution >= 4 is 21.5 Å². The molecule has 122 valence electrons. The van der Waals surface area contributed by atoms with E-state index in [0.29, 0.717) is 23.7 Å². The third kappa shape index (κ3) is 2.95. The van der Waals surface area contributed by atoms with Crippen molar-refractivity contribution in [2.24, 2.45) is 0 Å². The summed E-state index contributed by atoms with van der Waals surface area (Å²) in [5, 5.41) is 12.4. The second-order valence-electron chi connectivity index (χ2n) is 5.06. The van der Waals surface area contributed by atoms with Crippen LogP contribution in [0.25, 0.3) is 5.65 Å². The van der Waals surface area contributed by atoms with E-state index in [0.717, 1.165) is 5.56 Å². The zero-order valence-corrected chi connectivity index (χ0v) is 13.7. The molecule has 0 atom stereocenters. The predicted molar refractivity (Wildman–Crippen MR) is 89.9 cm³/mol. The Labute approximate surface area is 139 Å². The fourth-order valence-electron chi connectivity index (χ4n) is 2.35. The van der Waals surface area contributed by atoms with Crippen molar-refractivity contribution in [2.45, 2.75) is 11.4 Å². The summed E-state index contributed by atoms with van der Waals surface area (Å²) in [5.74, 6) is 0.463. The lowest BCUT2D eigenvalue weighted by atomic mass is 10.2. The minimum atomic E-state index is -3.49. The predicted octanol–water partition coefficient (Wildman–Crippen LogP) is 1.73. The summed E-state index contributed by atoms with van der Waals surface area (Å²) in [6.07, 6.45) is 1.77. The zero-order chi connectivity index (χ0) is 17.2. The third-order valence-electron chi connectivity index (χ3n) is 3.57. The van der Waals surface area contributed by atoms with Crippen LogP contribution in [0.1, 0.15) is 11.3 Å². The Bertz CT molecular complexity index is 1030. The molecule has 2 N–H and O–H groups in total. The number of imidazole rings is 1. The van der Waals surface area contributed by atoms with E-state index in [4.69, 9.17) is 0 Å². The lowest BCUT2D eigenvalue weighted by Crippen LogP contribution is -2.18. The molecule has 0 amide bonds. The molecule has 8 heteroatoms. The molecule has 0 aliphatic carbocycles. The van der Waals surface area contributed by atoms with Crippen molar-refractivity contribution in [1.82, 2.24) is 14.1 Å². The molecule has 0 spiro atoms. The molecule has 0 saturated heterocycles. The number of nitrogens with zero attached hydrogens (tertiary/aromatic N) is 3. The highest BCUT2D eigenvalue weighted by Gasteiger charge is 2.13. The molecule has 0 unspecified atom stereocenters. The van der Waals surface area contributed by atoms with Crippen molar-refractivity contribution in [2.75, 3.05) is 12.4 Å². The van der Waals surface area contributed by atoms with Gasteiger partial charge >= 0.3 is 0 Å². The molecule has 0 radical (unpaired) electrons. The highest BCUT2D eigenvalue weighted by atomic mass is 32.2. The summed E-state index contributed by atoms with van der Waals surface area (Å²) in [6, 6.07) is 14.2. The van der Waals surface area contributed by atoms with Crippen molar-refractivity contribution in [3.05, 3.63) is 59.9 Å². The summed E-state index contributed by atoms with van der Waals surface area (Å²) in [6.45, 7) is 0.353. The van der Waals surface area contributed by atoms with Crippen LogP contribution < -0.4 is 10.0 Å². The Morgan fingerprint density at radius 3 is 2.83 bits per heavy atom. The first-order chi connectivity index (χ1) is 11.5. The molecular formula is C16H15N5O2S. The number of fused-ring (bicyclic) bond motifs is 1. The van der Waals surface area contributed by atoms with E-state index in [1.165, 1.54) is 13.1 Å². The quantitative estimate of drug-likeness (QED) is 0.736. The Hall–Kier alpha value is -2.89. The second-order valence-corrected chi connectivity index (χ2v) is 6.94. The number of aromatic nitrogens is 2. The van der Waals surface area contributed by atoms with E-state index >= 15 is 0 Å². The van der Waals surface area contributed by atoms with Crippen LogP contribution in [-0.4, -0.2) is 24.9 Å². The van der Waals surface area contributed by atoms with Crippen molar-refractivity contribution in [1.29, 1.82) is 5.26 Å². The number of hydrogen-bond donors (Lipinski definition) is 2. The Morgan fingerprint density at radius 2 is 2.08 bits per heavy atom. The Morgan fingerprint density at radius 1 is 1.25 bits per heavy atom. The van der Waals surface area contributed by atoms with Crippen LogP contribution in [0.3, 0.4) is 0 Å². The molecule has 0 saturated carbocycles. The van der Waals surface area contributed by atoms with Gasteiger partial charge in [-0.1, -0.05) is 18.2 Å². The number of benzene rings is 1. The number of hydrogen-bond acceptors (Lipinski definition) is 5. The molecule has 0 bridgehead atoms.